The quantitative estimate of drug-likeness (QED) is 0.729. The van der Waals surface area contributed by atoms with Crippen LogP contribution in [-0.2, 0) is 0 Å². The number of carbonyl (C=O) groups is 1. The number of hydrogen-bond acceptors (Lipinski definition) is 5. The number of piperazine rings is 1. The van der Waals surface area contributed by atoms with Crippen LogP contribution in [0.15, 0.2) is 30.3 Å². The van der Waals surface area contributed by atoms with Crippen molar-refractivity contribution in [2.75, 3.05) is 39.3 Å². The lowest BCUT2D eigenvalue weighted by atomic mass is 10.2. The van der Waals surface area contributed by atoms with Crippen molar-refractivity contribution in [2.24, 2.45) is 0 Å². The maximum Gasteiger partial charge on any atom is 0.261 e. The van der Waals surface area contributed by atoms with Crippen LogP contribution in [-0.4, -0.2) is 50.1 Å². The lowest BCUT2D eigenvalue weighted by Gasteiger charge is -2.26. The topological polar surface area (TPSA) is 44.4 Å². The number of carbonyl (C=O) groups excluding carboxylic acids is 1. The van der Waals surface area contributed by atoms with Gasteiger partial charge in [-0.25, -0.2) is 0 Å². The van der Waals surface area contributed by atoms with Crippen LogP contribution in [0.25, 0.3) is 19.5 Å². The van der Waals surface area contributed by atoms with E-state index < -0.39 is 0 Å². The first kappa shape index (κ1) is 17.6. The number of benzene rings is 1. The molecule has 0 radical (unpaired) electrons. The van der Waals surface area contributed by atoms with Crippen LogP contribution in [0, 0.1) is 0 Å². The lowest BCUT2D eigenvalue weighted by molar-refractivity contribution is 0.0951. The molecule has 1 fully saturated rings. The zero-order valence-electron chi connectivity index (χ0n) is 13.2. The third-order valence-electron chi connectivity index (χ3n) is 4.20. The van der Waals surface area contributed by atoms with Crippen LogP contribution in [0.2, 0.25) is 0 Å². The first-order chi connectivity index (χ1) is 11.3. The summed E-state index contributed by atoms with van der Waals surface area (Å²) in [5.41, 5.74) is 0. The maximum atomic E-state index is 12.4. The zero-order valence-corrected chi connectivity index (χ0v) is 15.7. The molecule has 0 spiro atoms. The smallest absolute Gasteiger partial charge is 0.261 e. The molecule has 0 atom stereocenters. The van der Waals surface area contributed by atoms with Crippen molar-refractivity contribution in [1.29, 1.82) is 0 Å². The van der Waals surface area contributed by atoms with Gasteiger partial charge in [-0.2, -0.15) is 0 Å². The summed E-state index contributed by atoms with van der Waals surface area (Å²) in [4.78, 5) is 15.6. The van der Waals surface area contributed by atoms with Crippen LogP contribution < -0.4 is 10.6 Å². The van der Waals surface area contributed by atoms with Gasteiger partial charge in [-0.05, 0) is 12.1 Å². The second-order valence-electron chi connectivity index (χ2n) is 5.75. The number of thiophene rings is 2. The summed E-state index contributed by atoms with van der Waals surface area (Å²) >= 11 is 3.36. The first-order valence-electron chi connectivity index (χ1n) is 7.93. The van der Waals surface area contributed by atoms with Crippen molar-refractivity contribution in [2.45, 2.75) is 0 Å². The average molecular weight is 382 g/mol. The SMILES string of the molecule is Cl.O=C(NCCN1CCNCC1)c1cc2sc3ccccc3c2s1. The minimum atomic E-state index is 0. The highest BCUT2D eigenvalue weighted by Crippen LogP contribution is 2.39. The molecular weight excluding hydrogens is 362 g/mol. The van der Waals surface area contributed by atoms with Gasteiger partial charge in [0.1, 0.15) is 0 Å². The lowest BCUT2D eigenvalue weighted by Crippen LogP contribution is -2.46. The Hall–Kier alpha value is -1.18. The monoisotopic (exact) mass is 381 g/mol. The molecule has 4 nitrogen and oxygen atoms in total. The van der Waals surface area contributed by atoms with Gasteiger partial charge in [0.25, 0.3) is 5.91 Å². The standard InChI is InChI=1S/C17H19N3OS2.ClH/c21-17(19-7-10-20-8-5-18-6-9-20)15-11-14-16(23-15)12-3-1-2-4-13(12)22-14;/h1-4,11,18H,5-10H2,(H,19,21);1H. The fraction of sp³-hybridized carbons (Fsp3) is 0.353. The Morgan fingerprint density at radius 2 is 1.96 bits per heavy atom. The van der Waals surface area contributed by atoms with Crippen molar-refractivity contribution in [3.8, 4) is 0 Å². The van der Waals surface area contributed by atoms with Gasteiger partial charge in [-0.3, -0.25) is 9.69 Å². The van der Waals surface area contributed by atoms with E-state index in [1.165, 1.54) is 19.5 Å². The number of fused-ring (bicyclic) bond motifs is 3. The Kier molecular flexibility index (Phi) is 5.73. The Morgan fingerprint density at radius 1 is 1.17 bits per heavy atom. The molecule has 1 saturated heterocycles. The number of rotatable bonds is 4. The molecule has 128 valence electrons. The molecule has 3 heterocycles. The van der Waals surface area contributed by atoms with Gasteiger partial charge in [-0.1, -0.05) is 18.2 Å². The minimum Gasteiger partial charge on any atom is -0.350 e. The van der Waals surface area contributed by atoms with E-state index in [1.54, 1.807) is 22.7 Å². The Bertz CT molecular complexity index is 839. The van der Waals surface area contributed by atoms with Crippen LogP contribution in [0.1, 0.15) is 9.67 Å². The van der Waals surface area contributed by atoms with Crippen LogP contribution in [0.4, 0.5) is 0 Å². The van der Waals surface area contributed by atoms with E-state index in [1.807, 2.05) is 6.07 Å². The second-order valence-corrected chi connectivity index (χ2v) is 7.89. The molecule has 1 aromatic carbocycles. The van der Waals surface area contributed by atoms with Crippen LogP contribution in [0.3, 0.4) is 0 Å². The van der Waals surface area contributed by atoms with Gasteiger partial charge < -0.3 is 10.6 Å². The summed E-state index contributed by atoms with van der Waals surface area (Å²) < 4.78 is 3.74. The van der Waals surface area contributed by atoms with Gasteiger partial charge in [0.15, 0.2) is 0 Å². The average Bonchev–Trinajstić information content (AvgIpc) is 3.13. The van der Waals surface area contributed by atoms with Crippen molar-refractivity contribution < 1.29 is 4.79 Å². The molecule has 24 heavy (non-hydrogen) atoms. The number of halogens is 1. The third-order valence-corrected chi connectivity index (χ3v) is 6.61. The van der Waals surface area contributed by atoms with Gasteiger partial charge >= 0.3 is 0 Å². The number of hydrogen-bond donors (Lipinski definition) is 2. The molecule has 4 rings (SSSR count). The molecular formula is C17H20ClN3OS2. The Morgan fingerprint density at radius 3 is 2.79 bits per heavy atom. The van der Waals surface area contributed by atoms with E-state index in [-0.39, 0.29) is 18.3 Å². The fourth-order valence-electron chi connectivity index (χ4n) is 2.96. The van der Waals surface area contributed by atoms with Gasteiger partial charge in [0.2, 0.25) is 0 Å². The van der Waals surface area contributed by atoms with E-state index in [0.29, 0.717) is 6.54 Å². The molecule has 0 bridgehead atoms. The summed E-state index contributed by atoms with van der Waals surface area (Å²) in [6.45, 7) is 5.86. The van der Waals surface area contributed by atoms with Crippen LogP contribution >= 0.6 is 35.1 Å². The van der Waals surface area contributed by atoms with Crippen molar-refractivity contribution in [1.82, 2.24) is 15.5 Å². The molecule has 2 aromatic heterocycles. The summed E-state index contributed by atoms with van der Waals surface area (Å²) in [5, 5.41) is 7.66. The van der Waals surface area contributed by atoms with E-state index in [0.717, 1.165) is 37.6 Å². The predicted molar refractivity (Wildman–Crippen MR) is 106 cm³/mol. The first-order valence-corrected chi connectivity index (χ1v) is 9.57. The van der Waals surface area contributed by atoms with Crippen molar-refractivity contribution >= 4 is 60.5 Å². The Balaban J connectivity index is 0.00000169. The summed E-state index contributed by atoms with van der Waals surface area (Å²) in [7, 11) is 0. The number of amides is 1. The molecule has 0 unspecified atom stereocenters. The highest BCUT2D eigenvalue weighted by Gasteiger charge is 2.15. The van der Waals surface area contributed by atoms with Gasteiger partial charge in [0.05, 0.1) is 9.58 Å². The minimum absolute atomic E-state index is 0. The molecule has 2 N–H and O–H groups in total. The second kappa shape index (κ2) is 7.80. The summed E-state index contributed by atoms with van der Waals surface area (Å²) in [6, 6.07) is 10.4. The largest absolute Gasteiger partial charge is 0.350 e. The third kappa shape index (κ3) is 3.58. The Labute approximate surface area is 155 Å². The summed E-state index contributed by atoms with van der Waals surface area (Å²) in [5.74, 6) is 0.0533. The molecule has 0 aliphatic carbocycles. The van der Waals surface area contributed by atoms with E-state index >= 15 is 0 Å². The molecule has 7 heteroatoms. The van der Waals surface area contributed by atoms with Gasteiger partial charge in [0, 0.05) is 54.1 Å². The predicted octanol–water partition coefficient (Wildman–Crippen LogP) is 3.17. The molecule has 3 aromatic rings. The fourth-order valence-corrected chi connectivity index (χ4v) is 5.40. The number of nitrogens with one attached hydrogen (secondary N) is 2. The van der Waals surface area contributed by atoms with E-state index in [9.17, 15) is 4.79 Å². The van der Waals surface area contributed by atoms with E-state index in [2.05, 4.69) is 39.8 Å². The zero-order chi connectivity index (χ0) is 15.6. The molecule has 1 amide bonds. The van der Waals surface area contributed by atoms with Crippen molar-refractivity contribution in [3.63, 3.8) is 0 Å². The number of nitrogens with zero attached hydrogens (tertiary/aromatic N) is 1. The maximum absolute atomic E-state index is 12.4. The highest BCUT2D eigenvalue weighted by molar-refractivity contribution is 7.33. The summed E-state index contributed by atoms with van der Waals surface area (Å²) in [6.07, 6.45) is 0. The molecule has 0 saturated carbocycles. The molecule has 1 aliphatic rings. The van der Waals surface area contributed by atoms with Crippen LogP contribution in [0.5, 0.6) is 0 Å². The normalized spacial score (nSPS) is 15.5. The van der Waals surface area contributed by atoms with E-state index in [4.69, 9.17) is 0 Å². The highest BCUT2D eigenvalue weighted by atomic mass is 35.5. The van der Waals surface area contributed by atoms with Crippen molar-refractivity contribution in [3.05, 3.63) is 35.2 Å². The molecule has 1 aliphatic heterocycles. The van der Waals surface area contributed by atoms with Gasteiger partial charge in [-0.15, -0.1) is 35.1 Å².